The molecule has 0 saturated carbocycles. The number of methoxy groups -OCH3 is 1. The van der Waals surface area contributed by atoms with E-state index in [9.17, 15) is 0 Å². The first-order valence-corrected chi connectivity index (χ1v) is 5.40. The normalized spacial score (nSPS) is 24.4. The van der Waals surface area contributed by atoms with E-state index in [2.05, 4.69) is 25.7 Å². The van der Waals surface area contributed by atoms with Crippen molar-refractivity contribution in [2.75, 3.05) is 33.4 Å². The van der Waals surface area contributed by atoms with E-state index < -0.39 is 0 Å². The fraction of sp³-hybridized carbons (Fsp3) is 1.00. The topological polar surface area (TPSA) is 21.7 Å². The highest BCUT2D eigenvalue weighted by Crippen LogP contribution is 2.12. The summed E-state index contributed by atoms with van der Waals surface area (Å²) in [5.41, 5.74) is -0.0135. The van der Waals surface area contributed by atoms with Gasteiger partial charge in [-0.25, -0.2) is 0 Å². The minimum atomic E-state index is -0.0135. The van der Waals surface area contributed by atoms with Crippen LogP contribution in [0.4, 0.5) is 0 Å². The molecule has 0 amide bonds. The summed E-state index contributed by atoms with van der Waals surface area (Å²) in [7, 11) is 1.79. The summed E-state index contributed by atoms with van der Waals surface area (Å²) < 4.78 is 11.0. The molecule has 0 unspecified atom stereocenters. The van der Waals surface area contributed by atoms with Crippen molar-refractivity contribution in [2.45, 2.75) is 38.9 Å². The van der Waals surface area contributed by atoms with Crippen LogP contribution in [-0.4, -0.2) is 50.0 Å². The minimum absolute atomic E-state index is 0.0135. The molecule has 3 heteroatoms. The molecule has 1 rings (SSSR count). The second kappa shape index (κ2) is 5.10. The second-order valence-electron chi connectivity index (χ2n) is 4.91. The smallest absolute Gasteiger partial charge is 0.0710 e. The van der Waals surface area contributed by atoms with Crippen LogP contribution in [0.15, 0.2) is 0 Å². The zero-order valence-electron chi connectivity index (χ0n) is 9.88. The first kappa shape index (κ1) is 12.0. The average molecular weight is 201 g/mol. The molecule has 0 aromatic rings. The number of nitrogens with zero attached hydrogens (tertiary/aromatic N) is 1. The third kappa shape index (κ3) is 4.40. The van der Waals surface area contributed by atoms with Gasteiger partial charge in [-0.15, -0.1) is 0 Å². The highest BCUT2D eigenvalue weighted by atomic mass is 16.5. The third-order valence-corrected chi connectivity index (χ3v) is 2.51. The number of hydrogen-bond donors (Lipinski definition) is 0. The molecule has 1 heterocycles. The number of hydrogen-bond acceptors (Lipinski definition) is 3. The number of rotatable bonds is 4. The van der Waals surface area contributed by atoms with E-state index in [0.717, 1.165) is 32.7 Å². The van der Waals surface area contributed by atoms with Crippen LogP contribution in [0.2, 0.25) is 0 Å². The predicted molar refractivity (Wildman–Crippen MR) is 57.6 cm³/mol. The van der Waals surface area contributed by atoms with Gasteiger partial charge in [-0.2, -0.15) is 0 Å². The Kier molecular flexibility index (Phi) is 4.35. The Labute approximate surface area is 87.4 Å². The largest absolute Gasteiger partial charge is 0.380 e. The Morgan fingerprint density at radius 2 is 2.07 bits per heavy atom. The molecule has 0 radical (unpaired) electrons. The maximum absolute atomic E-state index is 5.68. The van der Waals surface area contributed by atoms with Crippen molar-refractivity contribution in [3.8, 4) is 0 Å². The van der Waals surface area contributed by atoms with Crippen LogP contribution < -0.4 is 0 Å². The summed E-state index contributed by atoms with van der Waals surface area (Å²) in [5.74, 6) is 0. The monoisotopic (exact) mass is 201 g/mol. The lowest BCUT2D eigenvalue weighted by Crippen LogP contribution is -2.30. The minimum Gasteiger partial charge on any atom is -0.380 e. The van der Waals surface area contributed by atoms with Crippen molar-refractivity contribution in [3.63, 3.8) is 0 Å². The molecule has 1 fully saturated rings. The van der Waals surface area contributed by atoms with Gasteiger partial charge in [-0.05, 0) is 27.2 Å². The summed E-state index contributed by atoms with van der Waals surface area (Å²) >= 11 is 0. The van der Waals surface area contributed by atoms with Gasteiger partial charge >= 0.3 is 0 Å². The molecule has 1 atom stereocenters. The lowest BCUT2D eigenvalue weighted by atomic mass is 10.2. The second-order valence-corrected chi connectivity index (χ2v) is 4.91. The Morgan fingerprint density at radius 3 is 2.57 bits per heavy atom. The van der Waals surface area contributed by atoms with E-state index in [1.54, 1.807) is 7.11 Å². The van der Waals surface area contributed by atoms with Crippen molar-refractivity contribution in [1.82, 2.24) is 4.90 Å². The fourth-order valence-corrected chi connectivity index (χ4v) is 1.67. The van der Waals surface area contributed by atoms with Gasteiger partial charge in [-0.3, -0.25) is 4.90 Å². The van der Waals surface area contributed by atoms with Gasteiger partial charge < -0.3 is 9.47 Å². The van der Waals surface area contributed by atoms with E-state index in [-0.39, 0.29) is 5.60 Å². The maximum Gasteiger partial charge on any atom is 0.0710 e. The quantitative estimate of drug-likeness (QED) is 0.688. The van der Waals surface area contributed by atoms with E-state index in [4.69, 9.17) is 9.47 Å². The van der Waals surface area contributed by atoms with E-state index in [0.29, 0.717) is 6.10 Å². The summed E-state index contributed by atoms with van der Waals surface area (Å²) in [5, 5.41) is 0. The van der Waals surface area contributed by atoms with Crippen LogP contribution >= 0.6 is 0 Å². The first-order valence-electron chi connectivity index (χ1n) is 5.40. The lowest BCUT2D eigenvalue weighted by Gasteiger charge is -2.22. The Morgan fingerprint density at radius 1 is 1.36 bits per heavy atom. The maximum atomic E-state index is 5.68. The molecule has 1 aliphatic rings. The van der Waals surface area contributed by atoms with Gasteiger partial charge in [0.1, 0.15) is 0 Å². The number of likely N-dealkylation sites (tertiary alicyclic amines) is 1. The van der Waals surface area contributed by atoms with Gasteiger partial charge in [-0.1, -0.05) is 0 Å². The molecule has 0 aromatic heterocycles. The van der Waals surface area contributed by atoms with Crippen molar-refractivity contribution in [2.24, 2.45) is 0 Å². The van der Waals surface area contributed by atoms with Gasteiger partial charge in [0.15, 0.2) is 0 Å². The first-order chi connectivity index (χ1) is 6.51. The van der Waals surface area contributed by atoms with Crippen molar-refractivity contribution >= 4 is 0 Å². The zero-order chi connectivity index (χ0) is 10.6. The Bertz CT molecular complexity index is 165. The molecule has 0 aliphatic carbocycles. The average Bonchev–Trinajstić information content (AvgIpc) is 2.50. The van der Waals surface area contributed by atoms with Crippen LogP contribution in [0, 0.1) is 0 Å². The summed E-state index contributed by atoms with van der Waals surface area (Å²) in [6.07, 6.45) is 1.59. The predicted octanol–water partition coefficient (Wildman–Crippen LogP) is 1.52. The molecule has 0 spiro atoms. The summed E-state index contributed by atoms with van der Waals surface area (Å²) in [6, 6.07) is 0. The van der Waals surface area contributed by atoms with Crippen molar-refractivity contribution in [1.29, 1.82) is 0 Å². The van der Waals surface area contributed by atoms with Gasteiger partial charge in [0.25, 0.3) is 0 Å². The highest BCUT2D eigenvalue weighted by molar-refractivity contribution is 4.75. The van der Waals surface area contributed by atoms with Crippen LogP contribution in [0.5, 0.6) is 0 Å². The molecule has 0 N–H and O–H groups in total. The SMILES string of the molecule is CO[C@@H]1CCN(CCOC(C)(C)C)C1. The Balaban J connectivity index is 2.09. The molecule has 1 aliphatic heterocycles. The number of ether oxygens (including phenoxy) is 2. The van der Waals surface area contributed by atoms with E-state index >= 15 is 0 Å². The fourth-order valence-electron chi connectivity index (χ4n) is 1.67. The molecule has 0 bridgehead atoms. The summed E-state index contributed by atoms with van der Waals surface area (Å²) in [6.45, 7) is 10.3. The molecule has 0 aromatic carbocycles. The van der Waals surface area contributed by atoms with Crippen LogP contribution in [-0.2, 0) is 9.47 Å². The third-order valence-electron chi connectivity index (χ3n) is 2.51. The molecule has 14 heavy (non-hydrogen) atoms. The van der Waals surface area contributed by atoms with Crippen molar-refractivity contribution < 1.29 is 9.47 Å². The lowest BCUT2D eigenvalue weighted by molar-refractivity contribution is -0.0123. The highest BCUT2D eigenvalue weighted by Gasteiger charge is 2.21. The van der Waals surface area contributed by atoms with Crippen LogP contribution in [0.25, 0.3) is 0 Å². The van der Waals surface area contributed by atoms with Crippen LogP contribution in [0.3, 0.4) is 0 Å². The molecule has 3 nitrogen and oxygen atoms in total. The van der Waals surface area contributed by atoms with Crippen LogP contribution in [0.1, 0.15) is 27.2 Å². The standard InChI is InChI=1S/C11H23NO2/c1-11(2,3)14-8-7-12-6-5-10(9-12)13-4/h10H,5-9H2,1-4H3/t10-/m1/s1. The van der Waals surface area contributed by atoms with E-state index in [1.807, 2.05) is 0 Å². The van der Waals surface area contributed by atoms with Gasteiger partial charge in [0.2, 0.25) is 0 Å². The van der Waals surface area contributed by atoms with Gasteiger partial charge in [0, 0.05) is 26.7 Å². The molecule has 84 valence electrons. The molecular weight excluding hydrogens is 178 g/mol. The zero-order valence-corrected chi connectivity index (χ0v) is 9.88. The van der Waals surface area contributed by atoms with E-state index in [1.165, 1.54) is 0 Å². The summed E-state index contributed by atoms with van der Waals surface area (Å²) in [4.78, 5) is 2.40. The molecular formula is C11H23NO2. The van der Waals surface area contributed by atoms with Gasteiger partial charge in [0.05, 0.1) is 18.3 Å². The van der Waals surface area contributed by atoms with Crippen molar-refractivity contribution in [3.05, 3.63) is 0 Å². The molecule has 1 saturated heterocycles. The Hall–Kier alpha value is -0.120.